The van der Waals surface area contributed by atoms with Crippen molar-refractivity contribution in [2.24, 2.45) is 0 Å². The summed E-state index contributed by atoms with van der Waals surface area (Å²) in [6, 6.07) is 18.4. The van der Waals surface area contributed by atoms with Crippen LogP contribution in [0.15, 0.2) is 54.6 Å². The van der Waals surface area contributed by atoms with Crippen molar-refractivity contribution in [2.45, 2.75) is 19.3 Å². The smallest absolute Gasteiger partial charge is 0.241 e. The number of hydrogen-bond acceptors (Lipinski definition) is 3. The van der Waals surface area contributed by atoms with E-state index >= 15 is 0 Å². The van der Waals surface area contributed by atoms with Gasteiger partial charge in [-0.25, -0.2) is 0 Å². The van der Waals surface area contributed by atoms with E-state index < -0.39 is 0 Å². The highest BCUT2D eigenvalue weighted by atomic mass is 16.5. The molecule has 1 saturated heterocycles. The van der Waals surface area contributed by atoms with E-state index in [9.17, 15) is 0 Å². The third-order valence-corrected chi connectivity index (χ3v) is 4.96. The molecule has 4 rings (SSSR count). The summed E-state index contributed by atoms with van der Waals surface area (Å²) < 4.78 is 6.02. The standard InChI is InChI=1S/C21H23N3O/c1-3-9-17(10-4-1)20-18-11-5-6-12-19(18)21(23-22-20)25-16-15-24-13-7-2-8-14-24/h1,3-6,9-12H,2,7-8,13-16H2/p+1. The predicted molar refractivity (Wildman–Crippen MR) is 99.9 cm³/mol. The SMILES string of the molecule is c1ccc(-c2nnc(OCC[NH+]3CCCCC3)c3ccccc23)cc1. The lowest BCUT2D eigenvalue weighted by molar-refractivity contribution is -0.904. The van der Waals surface area contributed by atoms with Crippen LogP contribution < -0.4 is 9.64 Å². The maximum Gasteiger partial charge on any atom is 0.241 e. The number of hydrogen-bond donors (Lipinski definition) is 1. The first-order chi connectivity index (χ1) is 12.4. The molecule has 1 N–H and O–H groups in total. The molecule has 0 aliphatic carbocycles. The van der Waals surface area contributed by atoms with Crippen molar-refractivity contribution in [1.29, 1.82) is 0 Å². The second-order valence-electron chi connectivity index (χ2n) is 6.67. The van der Waals surface area contributed by atoms with Crippen molar-refractivity contribution < 1.29 is 9.64 Å². The highest BCUT2D eigenvalue weighted by Crippen LogP contribution is 2.30. The Kier molecular flexibility index (Phi) is 4.89. The molecule has 4 nitrogen and oxygen atoms in total. The van der Waals surface area contributed by atoms with E-state index in [1.165, 1.54) is 32.4 Å². The van der Waals surface area contributed by atoms with Crippen LogP contribution in [0.1, 0.15) is 19.3 Å². The summed E-state index contributed by atoms with van der Waals surface area (Å²) in [6.07, 6.45) is 4.05. The monoisotopic (exact) mass is 334 g/mol. The molecule has 128 valence electrons. The fourth-order valence-corrected chi connectivity index (χ4v) is 3.59. The Bertz CT molecular complexity index is 829. The molecule has 1 aromatic heterocycles. The van der Waals surface area contributed by atoms with Crippen LogP contribution in [-0.2, 0) is 0 Å². The van der Waals surface area contributed by atoms with Crippen molar-refractivity contribution in [3.8, 4) is 17.1 Å². The number of quaternary nitrogens is 1. The maximum absolute atomic E-state index is 6.02. The van der Waals surface area contributed by atoms with E-state index in [2.05, 4.69) is 34.5 Å². The molecule has 0 amide bonds. The molecule has 1 fully saturated rings. The van der Waals surface area contributed by atoms with Crippen molar-refractivity contribution in [3.05, 3.63) is 54.6 Å². The number of fused-ring (bicyclic) bond motifs is 1. The van der Waals surface area contributed by atoms with Gasteiger partial charge >= 0.3 is 0 Å². The Morgan fingerprint density at radius 1 is 0.800 bits per heavy atom. The zero-order valence-electron chi connectivity index (χ0n) is 14.4. The van der Waals surface area contributed by atoms with Gasteiger partial charge in [0.05, 0.1) is 13.1 Å². The number of rotatable bonds is 5. The molecule has 0 saturated carbocycles. The second kappa shape index (κ2) is 7.62. The van der Waals surface area contributed by atoms with Gasteiger partial charge in [-0.05, 0) is 25.3 Å². The van der Waals surface area contributed by atoms with E-state index in [0.29, 0.717) is 12.5 Å². The molecule has 0 unspecified atom stereocenters. The molecule has 4 heteroatoms. The van der Waals surface area contributed by atoms with Gasteiger partial charge in [0.1, 0.15) is 18.8 Å². The molecular formula is C21H24N3O+. The van der Waals surface area contributed by atoms with Crippen molar-refractivity contribution in [3.63, 3.8) is 0 Å². The lowest BCUT2D eigenvalue weighted by atomic mass is 10.1. The van der Waals surface area contributed by atoms with E-state index in [1.807, 2.05) is 30.3 Å². The summed E-state index contributed by atoms with van der Waals surface area (Å²) in [7, 11) is 0. The number of benzene rings is 2. The molecule has 0 radical (unpaired) electrons. The first-order valence-corrected chi connectivity index (χ1v) is 9.19. The van der Waals surface area contributed by atoms with Crippen molar-refractivity contribution in [1.82, 2.24) is 10.2 Å². The van der Waals surface area contributed by atoms with E-state index in [-0.39, 0.29) is 0 Å². The molecule has 0 atom stereocenters. The van der Waals surface area contributed by atoms with Gasteiger partial charge in [0.15, 0.2) is 0 Å². The fraction of sp³-hybridized carbons (Fsp3) is 0.333. The van der Waals surface area contributed by atoms with Crippen LogP contribution in [0.25, 0.3) is 22.0 Å². The normalized spacial score (nSPS) is 15.4. The zero-order valence-corrected chi connectivity index (χ0v) is 14.4. The summed E-state index contributed by atoms with van der Waals surface area (Å²) in [4.78, 5) is 1.64. The summed E-state index contributed by atoms with van der Waals surface area (Å²) in [5.74, 6) is 0.645. The van der Waals surface area contributed by atoms with Crippen LogP contribution in [0.2, 0.25) is 0 Å². The van der Waals surface area contributed by atoms with Gasteiger partial charge in [0, 0.05) is 16.3 Å². The highest BCUT2D eigenvalue weighted by Gasteiger charge is 2.15. The third kappa shape index (κ3) is 3.64. The lowest BCUT2D eigenvalue weighted by Crippen LogP contribution is -3.13. The van der Waals surface area contributed by atoms with Gasteiger partial charge in [-0.15, -0.1) is 10.2 Å². The van der Waals surface area contributed by atoms with Crippen LogP contribution >= 0.6 is 0 Å². The number of nitrogens with zero attached hydrogens (tertiary/aromatic N) is 2. The van der Waals surface area contributed by atoms with Crippen LogP contribution in [0, 0.1) is 0 Å². The Morgan fingerprint density at radius 3 is 2.32 bits per heavy atom. The van der Waals surface area contributed by atoms with E-state index in [4.69, 9.17) is 4.74 Å². The molecule has 3 aromatic rings. The van der Waals surface area contributed by atoms with Gasteiger partial charge in [-0.1, -0.05) is 48.5 Å². The second-order valence-corrected chi connectivity index (χ2v) is 6.67. The van der Waals surface area contributed by atoms with Crippen molar-refractivity contribution >= 4 is 10.8 Å². The number of ether oxygens (including phenoxy) is 1. The molecule has 0 spiro atoms. The van der Waals surface area contributed by atoms with Gasteiger partial charge < -0.3 is 9.64 Å². The molecule has 0 bridgehead atoms. The topological polar surface area (TPSA) is 39.5 Å². The van der Waals surface area contributed by atoms with Gasteiger partial charge in [0.2, 0.25) is 5.88 Å². The third-order valence-electron chi connectivity index (χ3n) is 4.96. The average molecular weight is 334 g/mol. The summed E-state index contributed by atoms with van der Waals surface area (Å²) in [5, 5.41) is 11.0. The van der Waals surface area contributed by atoms with Gasteiger partial charge in [0.25, 0.3) is 0 Å². The first kappa shape index (κ1) is 16.0. The Balaban J connectivity index is 1.56. The predicted octanol–water partition coefficient (Wildman–Crippen LogP) is 2.74. The summed E-state index contributed by atoms with van der Waals surface area (Å²) in [5.41, 5.74) is 1.99. The number of nitrogens with one attached hydrogen (secondary N) is 1. The fourth-order valence-electron chi connectivity index (χ4n) is 3.59. The van der Waals surface area contributed by atoms with Crippen LogP contribution in [0.5, 0.6) is 5.88 Å². The lowest BCUT2D eigenvalue weighted by Gasteiger charge is -2.23. The first-order valence-electron chi connectivity index (χ1n) is 9.19. The van der Waals surface area contributed by atoms with Crippen molar-refractivity contribution in [2.75, 3.05) is 26.2 Å². The molecular weight excluding hydrogens is 310 g/mol. The van der Waals surface area contributed by atoms with E-state index in [1.54, 1.807) is 4.90 Å². The quantitative estimate of drug-likeness (QED) is 0.780. The Labute approximate surface area is 148 Å². The van der Waals surface area contributed by atoms with Crippen LogP contribution in [0.3, 0.4) is 0 Å². The van der Waals surface area contributed by atoms with Crippen LogP contribution in [0.4, 0.5) is 0 Å². The minimum Gasteiger partial charge on any atom is -0.470 e. The molecule has 1 aliphatic heterocycles. The Hall–Kier alpha value is -2.46. The minimum atomic E-state index is 0.645. The van der Waals surface area contributed by atoms with Gasteiger partial charge in [-0.2, -0.15) is 0 Å². The number of piperidine rings is 1. The van der Waals surface area contributed by atoms with Gasteiger partial charge in [-0.3, -0.25) is 0 Å². The average Bonchev–Trinajstić information content (AvgIpc) is 2.69. The summed E-state index contributed by atoms with van der Waals surface area (Å²) >= 11 is 0. The highest BCUT2D eigenvalue weighted by molar-refractivity contribution is 5.96. The Morgan fingerprint density at radius 2 is 1.52 bits per heavy atom. The molecule has 25 heavy (non-hydrogen) atoms. The molecule has 1 aliphatic rings. The number of likely N-dealkylation sites (tertiary alicyclic amines) is 1. The molecule has 2 aromatic carbocycles. The minimum absolute atomic E-state index is 0.645. The number of aromatic nitrogens is 2. The van der Waals surface area contributed by atoms with Crippen LogP contribution in [-0.4, -0.2) is 36.4 Å². The van der Waals surface area contributed by atoms with E-state index in [0.717, 1.165) is 28.6 Å². The summed E-state index contributed by atoms with van der Waals surface area (Å²) in [6.45, 7) is 4.26. The largest absolute Gasteiger partial charge is 0.470 e. The zero-order chi connectivity index (χ0) is 16.9. The maximum atomic E-state index is 6.02. The molecule has 2 heterocycles.